The van der Waals surface area contributed by atoms with Gasteiger partial charge < -0.3 is 9.15 Å². The van der Waals surface area contributed by atoms with Crippen LogP contribution in [0.1, 0.15) is 42.6 Å². The van der Waals surface area contributed by atoms with Crippen molar-refractivity contribution in [2.24, 2.45) is 0 Å². The summed E-state index contributed by atoms with van der Waals surface area (Å²) in [6, 6.07) is 24.6. The molecule has 1 aliphatic rings. The SMILES string of the molecule is O=C(NNC(=O)c1ccc(COc2ccccc2)o1)c1ccc2c(c1)C(=O)c1ccccc1-2. The van der Waals surface area contributed by atoms with E-state index in [9.17, 15) is 14.4 Å². The second-order valence-corrected chi connectivity index (χ2v) is 7.41. The van der Waals surface area contributed by atoms with E-state index in [0.29, 0.717) is 22.6 Å². The van der Waals surface area contributed by atoms with E-state index < -0.39 is 11.8 Å². The summed E-state index contributed by atoms with van der Waals surface area (Å²) in [4.78, 5) is 37.5. The van der Waals surface area contributed by atoms with E-state index in [0.717, 1.165) is 11.1 Å². The van der Waals surface area contributed by atoms with Crippen molar-refractivity contribution in [1.82, 2.24) is 10.9 Å². The van der Waals surface area contributed by atoms with Crippen molar-refractivity contribution in [1.29, 1.82) is 0 Å². The highest BCUT2D eigenvalue weighted by atomic mass is 16.5. The minimum absolute atomic E-state index is 0.0292. The van der Waals surface area contributed by atoms with E-state index in [1.165, 1.54) is 12.1 Å². The van der Waals surface area contributed by atoms with Gasteiger partial charge in [0.2, 0.25) is 0 Å². The van der Waals surface area contributed by atoms with Crippen molar-refractivity contribution >= 4 is 17.6 Å². The highest BCUT2D eigenvalue weighted by Gasteiger charge is 2.27. The molecule has 1 heterocycles. The normalized spacial score (nSPS) is 11.5. The van der Waals surface area contributed by atoms with Crippen molar-refractivity contribution in [2.75, 3.05) is 0 Å². The molecule has 1 aliphatic carbocycles. The van der Waals surface area contributed by atoms with E-state index >= 15 is 0 Å². The quantitative estimate of drug-likeness (QED) is 0.402. The summed E-state index contributed by atoms with van der Waals surface area (Å²) in [6.45, 7) is 0.162. The van der Waals surface area contributed by atoms with Crippen LogP contribution in [0, 0.1) is 0 Å². The highest BCUT2D eigenvalue weighted by Crippen LogP contribution is 2.36. The summed E-state index contributed by atoms with van der Waals surface area (Å²) >= 11 is 0. The lowest BCUT2D eigenvalue weighted by atomic mass is 10.0. The van der Waals surface area contributed by atoms with Gasteiger partial charge in [0, 0.05) is 16.7 Å². The molecular weight excluding hydrogens is 420 g/mol. The van der Waals surface area contributed by atoms with Crippen LogP contribution in [0.15, 0.2) is 89.3 Å². The van der Waals surface area contributed by atoms with Crippen LogP contribution in [0.5, 0.6) is 5.75 Å². The number of nitrogens with one attached hydrogen (secondary N) is 2. The van der Waals surface area contributed by atoms with Crippen molar-refractivity contribution in [3.8, 4) is 16.9 Å². The lowest BCUT2D eigenvalue weighted by Gasteiger charge is -2.07. The smallest absolute Gasteiger partial charge is 0.305 e. The van der Waals surface area contributed by atoms with Crippen molar-refractivity contribution < 1.29 is 23.5 Å². The Labute approximate surface area is 189 Å². The highest BCUT2D eigenvalue weighted by molar-refractivity contribution is 6.22. The molecule has 33 heavy (non-hydrogen) atoms. The zero-order chi connectivity index (χ0) is 22.8. The molecule has 7 heteroatoms. The first-order valence-corrected chi connectivity index (χ1v) is 10.3. The predicted molar refractivity (Wildman–Crippen MR) is 120 cm³/mol. The largest absolute Gasteiger partial charge is 0.486 e. The molecule has 2 amide bonds. The molecule has 5 rings (SSSR count). The molecule has 0 saturated heterocycles. The van der Waals surface area contributed by atoms with Crippen molar-refractivity contribution in [3.63, 3.8) is 0 Å². The molecule has 2 N–H and O–H groups in total. The molecule has 4 aromatic rings. The van der Waals surface area contributed by atoms with E-state index in [1.807, 2.05) is 42.5 Å². The molecule has 7 nitrogen and oxygen atoms in total. The van der Waals surface area contributed by atoms with Gasteiger partial charge in [-0.3, -0.25) is 25.2 Å². The number of carbonyl (C=O) groups is 3. The average Bonchev–Trinajstić information content (AvgIpc) is 3.45. The number of rotatable bonds is 5. The molecule has 3 aromatic carbocycles. The van der Waals surface area contributed by atoms with Gasteiger partial charge in [0.1, 0.15) is 18.1 Å². The first-order chi connectivity index (χ1) is 16.1. The summed E-state index contributed by atoms with van der Waals surface area (Å²) in [5.41, 5.74) is 7.64. The Morgan fingerprint density at radius 2 is 1.42 bits per heavy atom. The topological polar surface area (TPSA) is 97.6 Å². The van der Waals surface area contributed by atoms with Crippen LogP contribution in [-0.4, -0.2) is 17.6 Å². The third-order valence-corrected chi connectivity index (χ3v) is 5.29. The number of para-hydroxylation sites is 1. The first-order valence-electron chi connectivity index (χ1n) is 10.3. The summed E-state index contributed by atoms with van der Waals surface area (Å²) in [5, 5.41) is 0. The Morgan fingerprint density at radius 3 is 2.24 bits per heavy atom. The minimum atomic E-state index is -0.612. The zero-order valence-corrected chi connectivity index (χ0v) is 17.3. The van der Waals surface area contributed by atoms with Crippen molar-refractivity contribution in [2.45, 2.75) is 6.61 Å². The third kappa shape index (κ3) is 3.99. The molecule has 162 valence electrons. The molecule has 0 radical (unpaired) electrons. The van der Waals surface area contributed by atoms with Gasteiger partial charge in [0.25, 0.3) is 5.91 Å². The lowest BCUT2D eigenvalue weighted by Crippen LogP contribution is -2.41. The van der Waals surface area contributed by atoms with Crippen LogP contribution in [-0.2, 0) is 6.61 Å². The van der Waals surface area contributed by atoms with Crippen LogP contribution < -0.4 is 15.6 Å². The van der Waals surface area contributed by atoms with Gasteiger partial charge in [-0.05, 0) is 47.5 Å². The third-order valence-electron chi connectivity index (χ3n) is 5.29. The number of hydrogen-bond donors (Lipinski definition) is 2. The van der Waals surface area contributed by atoms with E-state index in [1.54, 1.807) is 30.3 Å². The predicted octanol–water partition coefficient (Wildman–Crippen LogP) is 4.14. The Hall–Kier alpha value is -4.65. The monoisotopic (exact) mass is 438 g/mol. The van der Waals surface area contributed by atoms with Crippen LogP contribution in [0.3, 0.4) is 0 Å². The molecule has 0 spiro atoms. The number of ketones is 1. The van der Waals surface area contributed by atoms with E-state index in [-0.39, 0.29) is 23.7 Å². The maximum Gasteiger partial charge on any atom is 0.305 e. The fourth-order valence-electron chi connectivity index (χ4n) is 3.67. The summed E-state index contributed by atoms with van der Waals surface area (Å²) in [6.07, 6.45) is 0. The summed E-state index contributed by atoms with van der Waals surface area (Å²) in [7, 11) is 0. The van der Waals surface area contributed by atoms with Gasteiger partial charge >= 0.3 is 5.91 Å². The molecule has 1 aromatic heterocycles. The molecule has 0 unspecified atom stereocenters. The van der Waals surface area contributed by atoms with Gasteiger partial charge in [0.15, 0.2) is 11.5 Å². The number of ether oxygens (including phenoxy) is 1. The van der Waals surface area contributed by atoms with E-state index in [4.69, 9.17) is 9.15 Å². The molecule has 0 aliphatic heterocycles. The standard InChI is InChI=1S/C26H18N2O5/c29-24-21-9-5-4-8-19(21)20-12-10-16(14-22(20)24)25(30)27-28-26(31)23-13-11-18(33-23)15-32-17-6-2-1-3-7-17/h1-14H,15H2,(H,27,30)(H,28,31). The lowest BCUT2D eigenvalue weighted by molar-refractivity contribution is 0.0828. The van der Waals surface area contributed by atoms with Gasteiger partial charge in [-0.1, -0.05) is 48.5 Å². The number of amides is 2. The average molecular weight is 438 g/mol. The molecule has 0 bridgehead atoms. The second kappa shape index (κ2) is 8.47. The summed E-state index contributed by atoms with van der Waals surface area (Å²) in [5.74, 6) is -0.107. The molecular formula is C26H18N2O5. The Balaban J connectivity index is 1.20. The minimum Gasteiger partial charge on any atom is -0.486 e. The number of fused-ring (bicyclic) bond motifs is 3. The van der Waals surface area contributed by atoms with E-state index in [2.05, 4.69) is 10.9 Å². The number of furan rings is 1. The first kappa shape index (κ1) is 20.3. The molecule has 0 atom stereocenters. The molecule has 0 saturated carbocycles. The second-order valence-electron chi connectivity index (χ2n) is 7.41. The zero-order valence-electron chi connectivity index (χ0n) is 17.3. The van der Waals surface area contributed by atoms with Gasteiger partial charge in [0.05, 0.1) is 0 Å². The van der Waals surface area contributed by atoms with Gasteiger partial charge in [-0.25, -0.2) is 0 Å². The Morgan fingerprint density at radius 1 is 0.727 bits per heavy atom. The van der Waals surface area contributed by atoms with Gasteiger partial charge in [-0.15, -0.1) is 0 Å². The van der Waals surface area contributed by atoms with Crippen molar-refractivity contribution in [3.05, 3.63) is 113 Å². The Kier molecular flexibility index (Phi) is 5.20. The fraction of sp³-hybridized carbons (Fsp3) is 0.0385. The number of benzene rings is 3. The Bertz CT molecular complexity index is 1370. The van der Waals surface area contributed by atoms with Crippen LogP contribution in [0.25, 0.3) is 11.1 Å². The molecule has 0 fully saturated rings. The maximum absolute atomic E-state index is 12.6. The number of hydrazine groups is 1. The van der Waals surface area contributed by atoms with Crippen LogP contribution in [0.4, 0.5) is 0 Å². The fourth-order valence-corrected chi connectivity index (χ4v) is 3.67. The summed E-state index contributed by atoms with van der Waals surface area (Å²) < 4.78 is 11.1. The number of carbonyl (C=O) groups excluding carboxylic acids is 3. The van der Waals surface area contributed by atoms with Gasteiger partial charge in [-0.2, -0.15) is 0 Å². The maximum atomic E-state index is 12.6. The van der Waals surface area contributed by atoms with Crippen LogP contribution >= 0.6 is 0 Å². The van der Waals surface area contributed by atoms with Crippen LogP contribution in [0.2, 0.25) is 0 Å². The number of hydrogen-bond acceptors (Lipinski definition) is 5.